The molecule has 0 unspecified atom stereocenters. The summed E-state index contributed by atoms with van der Waals surface area (Å²) < 4.78 is 24.5. The van der Waals surface area contributed by atoms with Crippen LogP contribution in [-0.4, -0.2) is 16.1 Å². The van der Waals surface area contributed by atoms with Crippen LogP contribution < -0.4 is 11.3 Å². The Morgan fingerprint density at radius 3 is 2.60 bits per heavy atom. The maximum atomic E-state index is 12.3. The quantitative estimate of drug-likeness (QED) is 0.687. The number of hydrogen-bond donors (Lipinski definition) is 3. The predicted octanol–water partition coefficient (Wildman–Crippen LogP) is 0.469. The van der Waals surface area contributed by atoms with Crippen molar-refractivity contribution in [2.45, 2.75) is 13.0 Å². The Morgan fingerprint density at radius 1 is 1.60 bits per heavy atom. The van der Waals surface area contributed by atoms with Gasteiger partial charge in [0.2, 0.25) is 0 Å². The number of alkyl halides is 2. The number of carboxylic acid groups (broad SMARTS) is 1. The summed E-state index contributed by atoms with van der Waals surface area (Å²) >= 11 is 0. The van der Waals surface area contributed by atoms with Crippen LogP contribution >= 0.6 is 0 Å². The molecule has 0 atom stereocenters. The Kier molecular flexibility index (Phi) is 3.15. The molecule has 1 rings (SSSR count). The van der Waals surface area contributed by atoms with Crippen LogP contribution in [0.15, 0.2) is 10.9 Å². The minimum absolute atomic E-state index is 0.0723. The zero-order valence-corrected chi connectivity index (χ0v) is 7.46. The molecule has 82 valence electrons. The third-order valence-electron chi connectivity index (χ3n) is 1.82. The molecular weight excluding hydrogens is 210 g/mol. The summed E-state index contributed by atoms with van der Waals surface area (Å²) in [6.07, 6.45) is -3.02. The summed E-state index contributed by atoms with van der Waals surface area (Å²) in [7, 11) is 0. The largest absolute Gasteiger partial charge is 0.478 e. The highest BCUT2D eigenvalue weighted by Gasteiger charge is 2.18. The number of carboxylic acids is 1. The molecule has 1 heterocycles. The number of nitrogens with two attached hydrogens (primary N) is 1. The van der Waals surface area contributed by atoms with Gasteiger partial charge in [-0.05, 0) is 6.07 Å². The molecular formula is C8H8F2N2O3. The third-order valence-corrected chi connectivity index (χ3v) is 1.82. The standard InChI is InChI=1S/C8H8F2N2O3/c9-6(10)4-1-3(8(14)15)5(2-11)12-7(4)13/h1,6H,2,11H2,(H,12,13)(H,14,15). The Hall–Kier alpha value is -1.76. The normalized spacial score (nSPS) is 10.7. The number of rotatable bonds is 3. The third kappa shape index (κ3) is 2.18. The van der Waals surface area contributed by atoms with Crippen LogP contribution in [0, 0.1) is 0 Å². The second-order valence-corrected chi connectivity index (χ2v) is 2.76. The number of nitrogens with one attached hydrogen (secondary N) is 1. The molecule has 1 aromatic rings. The van der Waals surface area contributed by atoms with Gasteiger partial charge in [0.1, 0.15) is 0 Å². The SMILES string of the molecule is NCc1[nH]c(=O)c(C(F)F)cc1C(=O)O. The predicted molar refractivity (Wildman–Crippen MR) is 46.9 cm³/mol. The van der Waals surface area contributed by atoms with E-state index in [0.717, 1.165) is 0 Å². The monoisotopic (exact) mass is 218 g/mol. The van der Waals surface area contributed by atoms with E-state index in [9.17, 15) is 18.4 Å². The topological polar surface area (TPSA) is 96.2 Å². The molecule has 0 bridgehead atoms. The van der Waals surface area contributed by atoms with E-state index in [1.165, 1.54) is 0 Å². The van der Waals surface area contributed by atoms with E-state index in [1.54, 1.807) is 0 Å². The molecule has 0 amide bonds. The van der Waals surface area contributed by atoms with Gasteiger partial charge in [-0.25, -0.2) is 13.6 Å². The van der Waals surface area contributed by atoms with Crippen LogP contribution in [0.1, 0.15) is 28.0 Å². The Labute approximate surface area is 82.5 Å². The number of H-pyrrole nitrogens is 1. The zero-order chi connectivity index (χ0) is 11.6. The number of halogens is 2. The maximum Gasteiger partial charge on any atom is 0.337 e. The van der Waals surface area contributed by atoms with Gasteiger partial charge in [-0.1, -0.05) is 0 Å². The molecule has 1 aromatic heterocycles. The number of carbonyl (C=O) groups is 1. The fourth-order valence-electron chi connectivity index (χ4n) is 1.10. The minimum atomic E-state index is -3.02. The lowest BCUT2D eigenvalue weighted by atomic mass is 10.1. The number of aromatic carboxylic acids is 1. The van der Waals surface area contributed by atoms with Gasteiger partial charge in [0.15, 0.2) is 0 Å². The van der Waals surface area contributed by atoms with Crippen LogP contribution in [0.4, 0.5) is 8.78 Å². The molecule has 5 nitrogen and oxygen atoms in total. The van der Waals surface area contributed by atoms with Gasteiger partial charge >= 0.3 is 5.97 Å². The van der Waals surface area contributed by atoms with E-state index in [2.05, 4.69) is 0 Å². The Balaban J connectivity index is 3.44. The van der Waals surface area contributed by atoms with Crippen molar-refractivity contribution in [3.63, 3.8) is 0 Å². The first-order chi connectivity index (χ1) is 6.97. The van der Waals surface area contributed by atoms with Crippen LogP contribution in [0.3, 0.4) is 0 Å². The van der Waals surface area contributed by atoms with E-state index in [1.807, 2.05) is 4.98 Å². The molecule has 15 heavy (non-hydrogen) atoms. The number of aromatic nitrogens is 1. The summed E-state index contributed by atoms with van der Waals surface area (Å²) in [5, 5.41) is 8.67. The molecule has 0 aromatic carbocycles. The van der Waals surface area contributed by atoms with Crippen molar-refractivity contribution in [2.24, 2.45) is 5.73 Å². The summed E-state index contributed by atoms with van der Waals surface area (Å²) in [5.41, 5.74) is 2.79. The summed E-state index contributed by atoms with van der Waals surface area (Å²) in [5.74, 6) is -1.41. The lowest BCUT2D eigenvalue weighted by Crippen LogP contribution is -2.21. The van der Waals surface area contributed by atoms with Gasteiger partial charge in [-0.2, -0.15) is 0 Å². The lowest BCUT2D eigenvalue weighted by Gasteiger charge is -2.05. The fraction of sp³-hybridized carbons (Fsp3) is 0.250. The molecule has 0 aliphatic heterocycles. The molecule has 0 aliphatic carbocycles. The lowest BCUT2D eigenvalue weighted by molar-refractivity contribution is 0.0694. The first kappa shape index (κ1) is 11.3. The van der Waals surface area contributed by atoms with Crippen molar-refractivity contribution in [1.29, 1.82) is 0 Å². The molecule has 7 heteroatoms. The average molecular weight is 218 g/mol. The van der Waals surface area contributed by atoms with Gasteiger partial charge < -0.3 is 15.8 Å². The molecule has 4 N–H and O–H groups in total. The molecule has 0 saturated carbocycles. The van der Waals surface area contributed by atoms with Gasteiger partial charge in [0, 0.05) is 12.2 Å². The summed E-state index contributed by atoms with van der Waals surface area (Å²) in [6.45, 7) is -0.236. The first-order valence-corrected chi connectivity index (χ1v) is 3.95. The highest BCUT2D eigenvalue weighted by molar-refractivity contribution is 5.89. The average Bonchev–Trinajstić information content (AvgIpc) is 2.16. The zero-order valence-electron chi connectivity index (χ0n) is 7.46. The highest BCUT2D eigenvalue weighted by Crippen LogP contribution is 2.16. The Bertz CT molecular complexity index is 442. The van der Waals surface area contributed by atoms with Crippen molar-refractivity contribution in [1.82, 2.24) is 4.98 Å². The van der Waals surface area contributed by atoms with Gasteiger partial charge in [-0.15, -0.1) is 0 Å². The van der Waals surface area contributed by atoms with Gasteiger partial charge in [-0.3, -0.25) is 4.79 Å². The summed E-state index contributed by atoms with van der Waals surface area (Å²) in [4.78, 5) is 23.7. The van der Waals surface area contributed by atoms with Crippen molar-refractivity contribution in [3.05, 3.63) is 33.2 Å². The maximum absolute atomic E-state index is 12.3. The van der Waals surface area contributed by atoms with Crippen molar-refractivity contribution < 1.29 is 18.7 Å². The number of hydrogen-bond acceptors (Lipinski definition) is 3. The van der Waals surface area contributed by atoms with Crippen molar-refractivity contribution >= 4 is 5.97 Å². The second kappa shape index (κ2) is 4.18. The molecule has 0 spiro atoms. The smallest absolute Gasteiger partial charge is 0.337 e. The molecule has 0 aliphatic rings. The van der Waals surface area contributed by atoms with Crippen LogP contribution in [0.5, 0.6) is 0 Å². The van der Waals surface area contributed by atoms with E-state index >= 15 is 0 Å². The number of aromatic amines is 1. The second-order valence-electron chi connectivity index (χ2n) is 2.76. The van der Waals surface area contributed by atoms with E-state index in [0.29, 0.717) is 6.07 Å². The van der Waals surface area contributed by atoms with Gasteiger partial charge in [0.05, 0.1) is 11.1 Å². The summed E-state index contributed by atoms with van der Waals surface area (Å²) in [6, 6.07) is 0.647. The van der Waals surface area contributed by atoms with Crippen LogP contribution in [-0.2, 0) is 6.54 Å². The molecule has 0 fully saturated rings. The highest BCUT2D eigenvalue weighted by atomic mass is 19.3. The van der Waals surface area contributed by atoms with Crippen LogP contribution in [0.2, 0.25) is 0 Å². The molecule has 0 radical (unpaired) electrons. The number of pyridine rings is 1. The van der Waals surface area contributed by atoms with Crippen LogP contribution in [0.25, 0.3) is 0 Å². The van der Waals surface area contributed by atoms with Crippen molar-refractivity contribution in [3.8, 4) is 0 Å². The van der Waals surface area contributed by atoms with Crippen molar-refractivity contribution in [2.75, 3.05) is 0 Å². The van der Waals surface area contributed by atoms with E-state index in [-0.39, 0.29) is 12.2 Å². The minimum Gasteiger partial charge on any atom is -0.478 e. The molecule has 0 saturated heterocycles. The Morgan fingerprint density at radius 2 is 2.20 bits per heavy atom. The first-order valence-electron chi connectivity index (χ1n) is 3.95. The van der Waals surface area contributed by atoms with E-state index in [4.69, 9.17) is 10.8 Å². The van der Waals surface area contributed by atoms with E-state index < -0.39 is 29.1 Å². The fourth-order valence-corrected chi connectivity index (χ4v) is 1.10. The van der Waals surface area contributed by atoms with Gasteiger partial charge in [0.25, 0.3) is 12.0 Å².